The molecule has 0 atom stereocenters. The summed E-state index contributed by atoms with van der Waals surface area (Å²) >= 11 is 1.47. The highest BCUT2D eigenvalue weighted by Crippen LogP contribution is 2.26. The second kappa shape index (κ2) is 12.8. The number of nitrogens with one attached hydrogen (secondary N) is 2. The van der Waals surface area contributed by atoms with E-state index in [1.807, 2.05) is 66.7 Å². The monoisotopic (exact) mass is 597 g/mol. The van der Waals surface area contributed by atoms with Crippen LogP contribution < -0.4 is 10.6 Å². The quantitative estimate of drug-likeness (QED) is 0.113. The fourth-order valence-corrected chi connectivity index (χ4v) is 5.93. The molecule has 0 bridgehead atoms. The molecule has 0 unspecified atom stereocenters. The lowest BCUT2D eigenvalue weighted by Crippen LogP contribution is -2.31. The van der Waals surface area contributed by atoms with E-state index in [2.05, 4.69) is 10.6 Å². The fraction of sp³-hybridized carbons (Fsp3) is 0.0556. The lowest BCUT2D eigenvalue weighted by Gasteiger charge is -2.14. The molecule has 216 valence electrons. The van der Waals surface area contributed by atoms with E-state index in [-0.39, 0.29) is 24.1 Å². The minimum absolute atomic E-state index is 0.0962. The normalized spacial score (nSPS) is 12.7. The first-order valence-corrected chi connectivity index (χ1v) is 15.0. The van der Waals surface area contributed by atoms with Crippen molar-refractivity contribution in [1.29, 1.82) is 0 Å². The maximum absolute atomic E-state index is 13.6. The number of carbonyl (C=O) groups excluding carboxylic acids is 4. The van der Waals surface area contributed by atoms with Gasteiger partial charge in [0.2, 0.25) is 0 Å². The maximum Gasteiger partial charge on any atom is 0.272 e. The minimum Gasteiger partial charge on any atom is -0.321 e. The van der Waals surface area contributed by atoms with Crippen molar-refractivity contribution in [3.63, 3.8) is 0 Å². The number of hydrogen-bond acceptors (Lipinski definition) is 5. The van der Waals surface area contributed by atoms with Gasteiger partial charge in [0.05, 0.1) is 11.1 Å². The van der Waals surface area contributed by atoms with E-state index in [9.17, 15) is 19.2 Å². The number of carbonyl (C=O) groups is 4. The zero-order valence-electron chi connectivity index (χ0n) is 23.5. The first-order chi connectivity index (χ1) is 21.5. The van der Waals surface area contributed by atoms with Crippen molar-refractivity contribution < 1.29 is 19.2 Å². The van der Waals surface area contributed by atoms with Crippen LogP contribution in [-0.4, -0.2) is 40.8 Å². The number of imide groups is 1. The molecule has 0 spiro atoms. The Kier molecular flexibility index (Phi) is 8.34. The van der Waals surface area contributed by atoms with Gasteiger partial charge in [0.15, 0.2) is 0 Å². The highest BCUT2D eigenvalue weighted by Gasteiger charge is 2.34. The predicted molar refractivity (Wildman–Crippen MR) is 173 cm³/mol. The van der Waals surface area contributed by atoms with Crippen LogP contribution in [0.1, 0.15) is 36.6 Å². The number of amides is 4. The van der Waals surface area contributed by atoms with Crippen LogP contribution in [-0.2, 0) is 4.79 Å². The Morgan fingerprint density at radius 3 is 2.16 bits per heavy atom. The minimum atomic E-state index is -0.476. The van der Waals surface area contributed by atoms with Gasteiger partial charge in [-0.25, -0.2) is 0 Å². The summed E-state index contributed by atoms with van der Waals surface area (Å²) in [5.41, 5.74) is 2.72. The second-order valence-corrected chi connectivity index (χ2v) is 11.3. The van der Waals surface area contributed by atoms with Gasteiger partial charge < -0.3 is 10.6 Å². The van der Waals surface area contributed by atoms with E-state index in [1.165, 1.54) is 16.7 Å². The number of hydrogen-bond donors (Lipinski definition) is 2. The first kappa shape index (κ1) is 28.6. The molecule has 5 aromatic rings. The van der Waals surface area contributed by atoms with E-state index in [0.717, 1.165) is 21.2 Å². The molecular formula is C36H27N3O4S. The Morgan fingerprint density at radius 1 is 0.727 bits per heavy atom. The predicted octanol–water partition coefficient (Wildman–Crippen LogP) is 6.64. The summed E-state index contributed by atoms with van der Waals surface area (Å²) in [6.45, 7) is 0.261. The van der Waals surface area contributed by atoms with Crippen LogP contribution in [0.2, 0.25) is 0 Å². The van der Waals surface area contributed by atoms with Crippen LogP contribution in [0.25, 0.3) is 16.8 Å². The summed E-state index contributed by atoms with van der Waals surface area (Å²) in [4.78, 5) is 54.2. The van der Waals surface area contributed by atoms with Gasteiger partial charge in [0, 0.05) is 28.4 Å². The maximum atomic E-state index is 13.6. The molecule has 0 saturated carbocycles. The molecule has 44 heavy (non-hydrogen) atoms. The number of anilines is 1. The van der Waals surface area contributed by atoms with E-state index in [1.54, 1.807) is 60.7 Å². The Hall–Kier alpha value is -5.47. The fourth-order valence-electron chi connectivity index (χ4n) is 5.03. The standard InChI is InChI=1S/C36H27N3O4S/c40-33(25-11-2-1-3-12-25)38-32(22-26-14-8-13-24-10-4-5-17-29(24)26)34(41)37-27-15-9-16-28(23-27)44-21-20-39-35(42)30-18-6-7-19-31(30)36(39)43/h1-19,22-23H,20-21H2,(H,37,41)(H,38,40)/b32-22-. The van der Waals surface area contributed by atoms with Gasteiger partial charge in [-0.1, -0.05) is 78.9 Å². The van der Waals surface area contributed by atoms with Crippen LogP contribution >= 0.6 is 11.8 Å². The van der Waals surface area contributed by atoms with Crippen molar-refractivity contribution >= 4 is 57.9 Å². The molecule has 0 aliphatic carbocycles. The molecule has 0 aromatic heterocycles. The summed E-state index contributed by atoms with van der Waals surface area (Å²) in [7, 11) is 0. The number of benzene rings is 5. The van der Waals surface area contributed by atoms with Crippen molar-refractivity contribution in [2.24, 2.45) is 0 Å². The third-order valence-corrected chi connectivity index (χ3v) is 8.18. The van der Waals surface area contributed by atoms with Gasteiger partial charge in [-0.15, -0.1) is 11.8 Å². The third-order valence-electron chi connectivity index (χ3n) is 7.21. The molecule has 5 aromatic carbocycles. The van der Waals surface area contributed by atoms with E-state index < -0.39 is 11.8 Å². The van der Waals surface area contributed by atoms with Gasteiger partial charge in [0.25, 0.3) is 23.6 Å². The van der Waals surface area contributed by atoms with E-state index in [4.69, 9.17) is 0 Å². The van der Waals surface area contributed by atoms with Crippen molar-refractivity contribution in [2.75, 3.05) is 17.6 Å². The largest absolute Gasteiger partial charge is 0.321 e. The molecule has 0 radical (unpaired) electrons. The van der Waals surface area contributed by atoms with Crippen LogP contribution in [0, 0.1) is 0 Å². The van der Waals surface area contributed by atoms with Gasteiger partial charge in [-0.05, 0) is 64.9 Å². The molecule has 1 aliphatic heterocycles. The molecule has 6 rings (SSSR count). The lowest BCUT2D eigenvalue weighted by atomic mass is 10.0. The molecular weight excluding hydrogens is 570 g/mol. The smallest absolute Gasteiger partial charge is 0.272 e. The number of nitrogens with zero attached hydrogens (tertiary/aromatic N) is 1. The zero-order chi connectivity index (χ0) is 30.5. The van der Waals surface area contributed by atoms with Crippen molar-refractivity contribution in [3.8, 4) is 0 Å². The van der Waals surface area contributed by atoms with E-state index in [0.29, 0.717) is 28.1 Å². The molecule has 0 saturated heterocycles. The molecule has 7 nitrogen and oxygen atoms in total. The summed E-state index contributed by atoms with van der Waals surface area (Å²) in [5, 5.41) is 7.67. The average Bonchev–Trinajstić information content (AvgIpc) is 3.30. The number of rotatable bonds is 9. The number of fused-ring (bicyclic) bond motifs is 2. The van der Waals surface area contributed by atoms with Gasteiger partial charge in [-0.2, -0.15) is 0 Å². The van der Waals surface area contributed by atoms with Gasteiger partial charge in [0.1, 0.15) is 5.70 Å². The van der Waals surface area contributed by atoms with Crippen LogP contribution in [0.15, 0.2) is 132 Å². The Balaban J connectivity index is 1.18. The first-order valence-electron chi connectivity index (χ1n) is 14.0. The summed E-state index contributed by atoms with van der Waals surface area (Å²) < 4.78 is 0. The molecule has 1 aliphatic rings. The Morgan fingerprint density at radius 2 is 1.39 bits per heavy atom. The van der Waals surface area contributed by atoms with Crippen LogP contribution in [0.3, 0.4) is 0 Å². The highest BCUT2D eigenvalue weighted by molar-refractivity contribution is 7.99. The van der Waals surface area contributed by atoms with E-state index >= 15 is 0 Å². The van der Waals surface area contributed by atoms with Crippen molar-refractivity contribution in [3.05, 3.63) is 149 Å². The Bertz CT molecular complexity index is 1900. The van der Waals surface area contributed by atoms with Gasteiger partial charge >= 0.3 is 0 Å². The summed E-state index contributed by atoms with van der Waals surface area (Å²) in [6, 6.07) is 36.5. The Labute approximate surface area is 258 Å². The SMILES string of the molecule is O=C(Nc1cccc(SCCN2C(=O)c3ccccc3C2=O)c1)/C(=C/c1cccc2ccccc12)NC(=O)c1ccccc1. The zero-order valence-corrected chi connectivity index (χ0v) is 24.3. The molecule has 2 N–H and O–H groups in total. The lowest BCUT2D eigenvalue weighted by molar-refractivity contribution is -0.113. The molecule has 1 heterocycles. The topological polar surface area (TPSA) is 95.6 Å². The van der Waals surface area contributed by atoms with Crippen molar-refractivity contribution in [2.45, 2.75) is 4.90 Å². The van der Waals surface area contributed by atoms with Crippen LogP contribution in [0.5, 0.6) is 0 Å². The number of thioether (sulfide) groups is 1. The summed E-state index contributed by atoms with van der Waals surface area (Å²) in [6.07, 6.45) is 1.68. The molecule has 0 fully saturated rings. The molecule has 4 amide bonds. The van der Waals surface area contributed by atoms with Gasteiger partial charge in [-0.3, -0.25) is 24.1 Å². The third kappa shape index (κ3) is 6.16. The van der Waals surface area contributed by atoms with Crippen LogP contribution in [0.4, 0.5) is 5.69 Å². The van der Waals surface area contributed by atoms with Crippen molar-refractivity contribution in [1.82, 2.24) is 10.2 Å². The summed E-state index contributed by atoms with van der Waals surface area (Å²) in [5.74, 6) is -0.951. The second-order valence-electron chi connectivity index (χ2n) is 10.1. The molecule has 8 heteroatoms. The highest BCUT2D eigenvalue weighted by atomic mass is 32.2. The average molecular weight is 598 g/mol.